The van der Waals surface area contributed by atoms with Gasteiger partial charge in [0.2, 0.25) is 0 Å². The summed E-state index contributed by atoms with van der Waals surface area (Å²) in [6.07, 6.45) is 3.18. The molecule has 1 saturated heterocycles. The van der Waals surface area contributed by atoms with Crippen LogP contribution in [0.15, 0.2) is 18.2 Å². The van der Waals surface area contributed by atoms with Crippen LogP contribution in [0.2, 0.25) is 0 Å². The molecule has 0 aromatic heterocycles. The molecule has 0 spiro atoms. The number of carbonyl (C=O) groups is 1. The highest BCUT2D eigenvalue weighted by Gasteiger charge is 2.21. The van der Waals surface area contributed by atoms with E-state index in [-0.39, 0.29) is 11.5 Å². The summed E-state index contributed by atoms with van der Waals surface area (Å²) in [7, 11) is 0. The summed E-state index contributed by atoms with van der Waals surface area (Å²) < 4.78 is 13.8. The maximum absolute atomic E-state index is 13.8. The van der Waals surface area contributed by atoms with E-state index < -0.39 is 5.82 Å². The largest absolute Gasteiger partial charge is 0.339 e. The van der Waals surface area contributed by atoms with Crippen LogP contribution in [-0.4, -0.2) is 23.9 Å². The highest BCUT2D eigenvalue weighted by atomic mass is 19.1. The van der Waals surface area contributed by atoms with E-state index >= 15 is 0 Å². The maximum Gasteiger partial charge on any atom is 0.256 e. The average Bonchev–Trinajstić information content (AvgIpc) is 2.53. The minimum atomic E-state index is -0.405. The first-order chi connectivity index (χ1) is 8.58. The van der Waals surface area contributed by atoms with Crippen LogP contribution >= 0.6 is 0 Å². The summed E-state index contributed by atoms with van der Waals surface area (Å²) in [5.41, 5.74) is 1.05. The number of likely N-dealkylation sites (tertiary alicyclic amines) is 1. The van der Waals surface area contributed by atoms with Gasteiger partial charge in [-0.15, -0.1) is 0 Å². The molecule has 2 rings (SSSR count). The van der Waals surface area contributed by atoms with Crippen LogP contribution in [0.4, 0.5) is 4.39 Å². The molecule has 1 aromatic rings. The van der Waals surface area contributed by atoms with E-state index in [1.54, 1.807) is 17.0 Å². The first-order valence-corrected chi connectivity index (χ1v) is 6.63. The van der Waals surface area contributed by atoms with E-state index in [0.717, 1.165) is 37.9 Å². The van der Waals surface area contributed by atoms with Crippen LogP contribution < -0.4 is 0 Å². The van der Waals surface area contributed by atoms with Crippen molar-refractivity contribution >= 4 is 5.91 Å². The standard InChI is InChI=1S/C15H20FNO/c1-11-4-3-8-17(9-7-11)15(18)13-6-5-12(2)10-14(13)16/h5-6,10-11H,3-4,7-9H2,1-2H3. The SMILES string of the molecule is Cc1ccc(C(=O)N2CCCC(C)CC2)c(F)c1. The number of aryl methyl sites for hydroxylation is 1. The molecule has 1 amide bonds. The molecule has 1 aliphatic heterocycles. The molecule has 1 atom stereocenters. The molecular formula is C15H20FNO. The Balaban J connectivity index is 2.15. The van der Waals surface area contributed by atoms with Gasteiger partial charge in [0.15, 0.2) is 0 Å². The van der Waals surface area contributed by atoms with Crippen LogP contribution in [0, 0.1) is 18.7 Å². The lowest BCUT2D eigenvalue weighted by Crippen LogP contribution is -2.32. The van der Waals surface area contributed by atoms with Gasteiger partial charge in [0.25, 0.3) is 5.91 Å². The van der Waals surface area contributed by atoms with Crippen molar-refractivity contribution in [2.45, 2.75) is 33.1 Å². The zero-order chi connectivity index (χ0) is 13.1. The molecule has 0 aliphatic carbocycles. The van der Waals surface area contributed by atoms with Gasteiger partial charge in [-0.1, -0.05) is 13.0 Å². The molecule has 1 aliphatic rings. The number of rotatable bonds is 1. The minimum Gasteiger partial charge on any atom is -0.339 e. The molecule has 1 fully saturated rings. The van der Waals surface area contributed by atoms with E-state index in [0.29, 0.717) is 5.92 Å². The van der Waals surface area contributed by atoms with Gasteiger partial charge < -0.3 is 4.90 Å². The molecule has 1 unspecified atom stereocenters. The maximum atomic E-state index is 13.8. The Kier molecular flexibility index (Phi) is 4.00. The van der Waals surface area contributed by atoms with Crippen molar-refractivity contribution < 1.29 is 9.18 Å². The predicted molar refractivity (Wildman–Crippen MR) is 70.1 cm³/mol. The van der Waals surface area contributed by atoms with Gasteiger partial charge in [0, 0.05) is 13.1 Å². The molecule has 0 radical (unpaired) electrons. The van der Waals surface area contributed by atoms with Gasteiger partial charge in [0.1, 0.15) is 5.82 Å². The van der Waals surface area contributed by atoms with Crippen molar-refractivity contribution in [3.8, 4) is 0 Å². The van der Waals surface area contributed by atoms with Gasteiger partial charge in [-0.05, 0) is 49.8 Å². The normalized spacial score (nSPS) is 20.6. The molecule has 0 saturated carbocycles. The summed E-state index contributed by atoms with van der Waals surface area (Å²) in [5.74, 6) is 0.0876. The topological polar surface area (TPSA) is 20.3 Å². The third-order valence-electron chi connectivity index (χ3n) is 3.66. The van der Waals surface area contributed by atoms with Crippen LogP contribution in [0.1, 0.15) is 42.1 Å². The second-order valence-electron chi connectivity index (χ2n) is 5.31. The number of nitrogens with zero attached hydrogens (tertiary/aromatic N) is 1. The van der Waals surface area contributed by atoms with Crippen molar-refractivity contribution in [2.24, 2.45) is 5.92 Å². The number of carbonyl (C=O) groups excluding carboxylic acids is 1. The molecule has 0 bridgehead atoms. The predicted octanol–water partition coefficient (Wildman–Crippen LogP) is 3.40. The molecule has 3 heteroatoms. The number of hydrogen-bond acceptors (Lipinski definition) is 1. The summed E-state index contributed by atoms with van der Waals surface area (Å²) in [5, 5.41) is 0. The highest BCUT2D eigenvalue weighted by Crippen LogP contribution is 2.19. The molecule has 98 valence electrons. The Morgan fingerprint density at radius 2 is 2.11 bits per heavy atom. The summed E-state index contributed by atoms with van der Waals surface area (Å²) in [6.45, 7) is 5.52. The van der Waals surface area contributed by atoms with Crippen molar-refractivity contribution in [2.75, 3.05) is 13.1 Å². The average molecular weight is 249 g/mol. The molecule has 1 heterocycles. The molecule has 18 heavy (non-hydrogen) atoms. The van der Waals surface area contributed by atoms with Gasteiger partial charge in [0.05, 0.1) is 5.56 Å². The fraction of sp³-hybridized carbons (Fsp3) is 0.533. The second-order valence-corrected chi connectivity index (χ2v) is 5.31. The fourth-order valence-electron chi connectivity index (χ4n) is 2.43. The van der Waals surface area contributed by atoms with Crippen LogP contribution in [0.5, 0.6) is 0 Å². The summed E-state index contributed by atoms with van der Waals surface area (Å²) >= 11 is 0. The molecule has 2 nitrogen and oxygen atoms in total. The van der Waals surface area contributed by atoms with Gasteiger partial charge in [-0.25, -0.2) is 4.39 Å². The van der Waals surface area contributed by atoms with E-state index in [1.807, 2.05) is 6.92 Å². The van der Waals surface area contributed by atoms with E-state index in [9.17, 15) is 9.18 Å². The lowest BCUT2D eigenvalue weighted by atomic mass is 10.0. The fourth-order valence-corrected chi connectivity index (χ4v) is 2.43. The summed E-state index contributed by atoms with van der Waals surface area (Å²) in [4.78, 5) is 14.1. The lowest BCUT2D eigenvalue weighted by molar-refractivity contribution is 0.0755. The van der Waals surface area contributed by atoms with Gasteiger partial charge in [-0.3, -0.25) is 4.79 Å². The summed E-state index contributed by atoms with van der Waals surface area (Å²) in [6, 6.07) is 4.81. The highest BCUT2D eigenvalue weighted by molar-refractivity contribution is 5.94. The van der Waals surface area contributed by atoms with E-state index in [1.165, 1.54) is 6.07 Å². The Morgan fingerprint density at radius 1 is 1.33 bits per heavy atom. The van der Waals surface area contributed by atoms with E-state index in [4.69, 9.17) is 0 Å². The number of benzene rings is 1. The van der Waals surface area contributed by atoms with Crippen LogP contribution in [0.3, 0.4) is 0 Å². The van der Waals surface area contributed by atoms with Crippen molar-refractivity contribution in [3.05, 3.63) is 35.1 Å². The first kappa shape index (κ1) is 13.1. The monoisotopic (exact) mass is 249 g/mol. The number of hydrogen-bond donors (Lipinski definition) is 0. The second kappa shape index (κ2) is 5.51. The van der Waals surface area contributed by atoms with Crippen LogP contribution in [-0.2, 0) is 0 Å². The van der Waals surface area contributed by atoms with E-state index in [2.05, 4.69) is 6.92 Å². The minimum absolute atomic E-state index is 0.165. The lowest BCUT2D eigenvalue weighted by Gasteiger charge is -2.20. The third kappa shape index (κ3) is 2.89. The third-order valence-corrected chi connectivity index (χ3v) is 3.66. The first-order valence-electron chi connectivity index (χ1n) is 6.63. The number of halogens is 1. The Hall–Kier alpha value is -1.38. The van der Waals surface area contributed by atoms with Crippen molar-refractivity contribution in [3.63, 3.8) is 0 Å². The zero-order valence-electron chi connectivity index (χ0n) is 11.1. The van der Waals surface area contributed by atoms with Gasteiger partial charge in [-0.2, -0.15) is 0 Å². The quantitative estimate of drug-likeness (QED) is 0.747. The van der Waals surface area contributed by atoms with Crippen LogP contribution in [0.25, 0.3) is 0 Å². The van der Waals surface area contributed by atoms with Crippen molar-refractivity contribution in [1.82, 2.24) is 4.90 Å². The molecule has 1 aromatic carbocycles. The van der Waals surface area contributed by atoms with Gasteiger partial charge >= 0.3 is 0 Å². The Morgan fingerprint density at radius 3 is 2.83 bits per heavy atom. The Labute approximate surface area is 108 Å². The number of amides is 1. The van der Waals surface area contributed by atoms with Crippen molar-refractivity contribution in [1.29, 1.82) is 0 Å². The smallest absolute Gasteiger partial charge is 0.256 e. The Bertz CT molecular complexity index is 444. The molecule has 0 N–H and O–H groups in total. The zero-order valence-corrected chi connectivity index (χ0v) is 11.1. The molecular weight excluding hydrogens is 229 g/mol.